The van der Waals surface area contributed by atoms with Crippen molar-refractivity contribution in [2.45, 2.75) is 26.2 Å². The summed E-state index contributed by atoms with van der Waals surface area (Å²) in [6.45, 7) is 6.00. The van der Waals surface area contributed by atoms with Crippen LogP contribution in [0.2, 0.25) is 0 Å². The Balaban J connectivity index is 2.03. The van der Waals surface area contributed by atoms with Crippen LogP contribution < -0.4 is 20.1 Å². The summed E-state index contributed by atoms with van der Waals surface area (Å²) in [5.41, 5.74) is 0.395. The number of aromatic nitrogens is 1. The van der Waals surface area contributed by atoms with Crippen LogP contribution in [0.5, 0.6) is 11.5 Å². The van der Waals surface area contributed by atoms with E-state index in [-0.39, 0.29) is 5.41 Å². The van der Waals surface area contributed by atoms with Crippen molar-refractivity contribution in [3.8, 4) is 11.5 Å². The number of nitrogens with zero attached hydrogens (tertiary/aromatic N) is 1. The van der Waals surface area contributed by atoms with Crippen molar-refractivity contribution in [3.63, 3.8) is 0 Å². The van der Waals surface area contributed by atoms with Gasteiger partial charge in [-0.2, -0.15) is 0 Å². The van der Waals surface area contributed by atoms with Crippen LogP contribution in [0.3, 0.4) is 0 Å². The summed E-state index contributed by atoms with van der Waals surface area (Å²) < 4.78 is 15.6. The zero-order valence-electron chi connectivity index (χ0n) is 13.9. The largest absolute Gasteiger partial charge is 0.493 e. The molecule has 0 bridgehead atoms. The van der Waals surface area contributed by atoms with E-state index in [1.165, 1.54) is 7.11 Å². The number of carbonyl (C=O) groups excluding carboxylic acids is 1. The predicted molar refractivity (Wildman–Crippen MR) is 87.4 cm³/mol. The van der Waals surface area contributed by atoms with Crippen LogP contribution >= 0.6 is 0 Å². The van der Waals surface area contributed by atoms with Crippen LogP contribution in [-0.2, 0) is 5.41 Å². The van der Waals surface area contributed by atoms with Crippen molar-refractivity contribution in [1.29, 1.82) is 0 Å². The Labute approximate surface area is 134 Å². The maximum atomic E-state index is 12.0. The minimum atomic E-state index is -0.425. The number of ether oxygens (including phenoxy) is 2. The molecule has 7 heteroatoms. The Morgan fingerprint density at radius 2 is 1.78 bits per heavy atom. The molecule has 23 heavy (non-hydrogen) atoms. The van der Waals surface area contributed by atoms with Crippen LogP contribution in [-0.4, -0.2) is 25.4 Å². The SMILES string of the molecule is COc1ccc(NC(=O)Nc2cc(C(C)(C)C)on2)cc1OC. The highest BCUT2D eigenvalue weighted by atomic mass is 16.5. The number of amides is 2. The molecule has 0 aliphatic carbocycles. The molecule has 0 atom stereocenters. The van der Waals surface area contributed by atoms with Crippen molar-refractivity contribution in [2.75, 3.05) is 24.9 Å². The second-order valence-corrected chi connectivity index (χ2v) is 5.98. The van der Waals surface area contributed by atoms with E-state index in [0.29, 0.717) is 28.8 Å². The van der Waals surface area contributed by atoms with Crippen molar-refractivity contribution >= 4 is 17.5 Å². The highest BCUT2D eigenvalue weighted by Crippen LogP contribution is 2.30. The van der Waals surface area contributed by atoms with Gasteiger partial charge in [0.15, 0.2) is 17.3 Å². The van der Waals surface area contributed by atoms with Gasteiger partial charge < -0.3 is 19.3 Å². The molecule has 0 spiro atoms. The lowest BCUT2D eigenvalue weighted by Gasteiger charge is -2.12. The van der Waals surface area contributed by atoms with E-state index in [4.69, 9.17) is 14.0 Å². The molecule has 0 saturated heterocycles. The molecule has 0 unspecified atom stereocenters. The van der Waals surface area contributed by atoms with Gasteiger partial charge in [-0.15, -0.1) is 0 Å². The molecule has 2 rings (SSSR count). The first-order valence-electron chi connectivity index (χ1n) is 7.10. The summed E-state index contributed by atoms with van der Waals surface area (Å²) in [7, 11) is 3.08. The van der Waals surface area contributed by atoms with Gasteiger partial charge in [0.1, 0.15) is 5.76 Å². The standard InChI is InChI=1S/C16H21N3O4/c1-16(2,3)13-9-14(19-23-13)18-15(20)17-10-6-7-11(21-4)12(8-10)22-5/h6-9H,1-5H3,(H2,17,18,19,20). The molecule has 2 N–H and O–H groups in total. The third-order valence-corrected chi connectivity index (χ3v) is 3.13. The minimum Gasteiger partial charge on any atom is -0.493 e. The minimum absolute atomic E-state index is 0.174. The van der Waals surface area contributed by atoms with E-state index in [9.17, 15) is 4.79 Å². The van der Waals surface area contributed by atoms with Gasteiger partial charge >= 0.3 is 6.03 Å². The number of nitrogens with one attached hydrogen (secondary N) is 2. The molecule has 7 nitrogen and oxygen atoms in total. The molecule has 2 amide bonds. The van der Waals surface area contributed by atoms with Crippen LogP contribution in [0.1, 0.15) is 26.5 Å². The summed E-state index contributed by atoms with van der Waals surface area (Å²) >= 11 is 0. The van der Waals surface area contributed by atoms with Crippen molar-refractivity contribution in [1.82, 2.24) is 5.16 Å². The Bertz CT molecular complexity index is 689. The number of carbonyl (C=O) groups is 1. The highest BCUT2D eigenvalue weighted by molar-refractivity contribution is 5.99. The first kappa shape index (κ1) is 16.7. The maximum Gasteiger partial charge on any atom is 0.324 e. The zero-order valence-corrected chi connectivity index (χ0v) is 13.9. The topological polar surface area (TPSA) is 85.6 Å². The van der Waals surface area contributed by atoms with Gasteiger partial charge in [-0.05, 0) is 12.1 Å². The second-order valence-electron chi connectivity index (χ2n) is 5.98. The molecule has 1 aromatic heterocycles. The molecule has 0 aliphatic heterocycles. The fourth-order valence-corrected chi connectivity index (χ4v) is 1.88. The van der Waals surface area contributed by atoms with E-state index in [0.717, 1.165) is 0 Å². The summed E-state index contributed by atoms with van der Waals surface area (Å²) in [5, 5.41) is 9.15. The predicted octanol–water partition coefficient (Wildman–Crippen LogP) is 3.63. The average Bonchev–Trinajstić information content (AvgIpc) is 2.95. The Morgan fingerprint density at radius 1 is 1.09 bits per heavy atom. The molecule has 1 heterocycles. The number of urea groups is 1. The molecule has 0 radical (unpaired) electrons. The van der Waals surface area contributed by atoms with Gasteiger partial charge in [0, 0.05) is 23.2 Å². The number of hydrogen-bond acceptors (Lipinski definition) is 5. The van der Waals surface area contributed by atoms with Gasteiger partial charge in [-0.3, -0.25) is 5.32 Å². The lowest BCUT2D eigenvalue weighted by atomic mass is 9.93. The van der Waals surface area contributed by atoms with Gasteiger partial charge in [-0.25, -0.2) is 4.79 Å². The van der Waals surface area contributed by atoms with Crippen LogP contribution in [0.15, 0.2) is 28.8 Å². The molecule has 124 valence electrons. The molecule has 0 fully saturated rings. The fraction of sp³-hybridized carbons (Fsp3) is 0.375. The summed E-state index contributed by atoms with van der Waals surface area (Å²) in [6.07, 6.45) is 0. The van der Waals surface area contributed by atoms with E-state index in [1.54, 1.807) is 31.4 Å². The van der Waals surface area contributed by atoms with Crippen LogP contribution in [0, 0.1) is 0 Å². The average molecular weight is 319 g/mol. The third kappa shape index (κ3) is 4.15. The van der Waals surface area contributed by atoms with Crippen molar-refractivity contribution in [3.05, 3.63) is 30.0 Å². The Hall–Kier alpha value is -2.70. The fourth-order valence-electron chi connectivity index (χ4n) is 1.88. The first-order chi connectivity index (χ1) is 10.8. The van der Waals surface area contributed by atoms with Crippen molar-refractivity contribution in [2.24, 2.45) is 0 Å². The lowest BCUT2D eigenvalue weighted by Crippen LogP contribution is -2.19. The smallest absolute Gasteiger partial charge is 0.324 e. The normalized spacial score (nSPS) is 11.0. The molecular weight excluding hydrogens is 298 g/mol. The van der Waals surface area contributed by atoms with E-state index < -0.39 is 6.03 Å². The summed E-state index contributed by atoms with van der Waals surface area (Å²) in [4.78, 5) is 12.0. The highest BCUT2D eigenvalue weighted by Gasteiger charge is 2.20. The van der Waals surface area contributed by atoms with E-state index >= 15 is 0 Å². The first-order valence-corrected chi connectivity index (χ1v) is 7.10. The molecule has 0 saturated carbocycles. The van der Waals surface area contributed by atoms with Crippen molar-refractivity contribution < 1.29 is 18.8 Å². The summed E-state index contributed by atoms with van der Waals surface area (Å²) in [5.74, 6) is 2.17. The van der Waals surface area contributed by atoms with E-state index in [1.807, 2.05) is 20.8 Å². The molecule has 2 aromatic rings. The van der Waals surface area contributed by atoms with Gasteiger partial charge in [0.2, 0.25) is 0 Å². The van der Waals surface area contributed by atoms with Gasteiger partial charge in [-0.1, -0.05) is 25.9 Å². The molecule has 0 aliphatic rings. The van der Waals surface area contributed by atoms with Gasteiger partial charge in [0.25, 0.3) is 0 Å². The zero-order chi connectivity index (χ0) is 17.0. The number of rotatable bonds is 4. The van der Waals surface area contributed by atoms with Gasteiger partial charge in [0.05, 0.1) is 14.2 Å². The number of hydrogen-bond donors (Lipinski definition) is 2. The Morgan fingerprint density at radius 3 is 2.35 bits per heavy atom. The van der Waals surface area contributed by atoms with Crippen LogP contribution in [0.25, 0.3) is 0 Å². The Kier molecular flexibility index (Phi) is 4.78. The molecule has 1 aromatic carbocycles. The molecular formula is C16H21N3O4. The monoisotopic (exact) mass is 319 g/mol. The number of benzene rings is 1. The lowest BCUT2D eigenvalue weighted by molar-refractivity contribution is 0.262. The van der Waals surface area contributed by atoms with Crippen LogP contribution in [0.4, 0.5) is 16.3 Å². The quantitative estimate of drug-likeness (QED) is 0.898. The summed E-state index contributed by atoms with van der Waals surface area (Å²) in [6, 6.07) is 6.37. The number of anilines is 2. The van der Waals surface area contributed by atoms with E-state index in [2.05, 4.69) is 15.8 Å². The second kappa shape index (κ2) is 6.60. The third-order valence-electron chi connectivity index (χ3n) is 3.13. The number of methoxy groups -OCH3 is 2. The maximum absolute atomic E-state index is 12.0.